The molecule has 7 heteroatoms. The number of allylic oxidation sites excluding steroid dienone is 1. The standard InChI is InChI=1S/C21H22N6O.2H2/c1-26-7-4-16(5-8-26)25-20(28)14-10-18-17(2-3-19(18)23-11-14)15-12-24-21-22-6-9-27(21)13-15;;/h2,6,9-13,16H,3-5,7-8H2,1H3,(H,25,28);2*1H. The molecule has 2 aliphatic rings. The Hall–Kier alpha value is -3.06. The van der Waals surface area contributed by atoms with Crippen LogP contribution in [0.5, 0.6) is 0 Å². The van der Waals surface area contributed by atoms with Gasteiger partial charge in [-0.25, -0.2) is 9.97 Å². The third kappa shape index (κ3) is 3.07. The van der Waals surface area contributed by atoms with Crippen LogP contribution in [0.4, 0.5) is 0 Å². The van der Waals surface area contributed by atoms with Crippen LogP contribution < -0.4 is 5.32 Å². The summed E-state index contributed by atoms with van der Waals surface area (Å²) in [5.41, 5.74) is 4.69. The minimum Gasteiger partial charge on any atom is -0.349 e. The molecule has 146 valence electrons. The summed E-state index contributed by atoms with van der Waals surface area (Å²) < 4.78 is 1.90. The molecule has 0 atom stereocenters. The van der Waals surface area contributed by atoms with Crippen molar-refractivity contribution >= 4 is 17.3 Å². The molecule has 4 heterocycles. The molecule has 1 aliphatic carbocycles. The molecule has 0 aromatic carbocycles. The van der Waals surface area contributed by atoms with Gasteiger partial charge < -0.3 is 10.2 Å². The molecule has 0 bridgehead atoms. The third-order valence-corrected chi connectivity index (χ3v) is 5.63. The van der Waals surface area contributed by atoms with Crippen molar-refractivity contribution in [1.29, 1.82) is 0 Å². The molecule has 28 heavy (non-hydrogen) atoms. The van der Waals surface area contributed by atoms with Gasteiger partial charge in [-0.2, -0.15) is 0 Å². The van der Waals surface area contributed by atoms with E-state index in [1.165, 1.54) is 0 Å². The molecule has 1 amide bonds. The lowest BCUT2D eigenvalue weighted by molar-refractivity contribution is 0.0916. The Bertz CT molecular complexity index is 1090. The van der Waals surface area contributed by atoms with Gasteiger partial charge in [0.1, 0.15) is 0 Å². The Morgan fingerprint density at radius 2 is 2.07 bits per heavy atom. The van der Waals surface area contributed by atoms with Gasteiger partial charge in [0.2, 0.25) is 5.78 Å². The number of nitrogens with zero attached hydrogens (tertiary/aromatic N) is 5. The first-order chi connectivity index (χ1) is 13.7. The fourth-order valence-electron chi connectivity index (χ4n) is 3.97. The predicted molar refractivity (Wildman–Crippen MR) is 110 cm³/mol. The van der Waals surface area contributed by atoms with Gasteiger partial charge in [-0.15, -0.1) is 0 Å². The minimum atomic E-state index is -0.0423. The van der Waals surface area contributed by atoms with Crippen molar-refractivity contribution in [3.05, 3.63) is 65.5 Å². The number of amides is 1. The number of likely N-dealkylation sites (tertiary alicyclic amines) is 1. The highest BCUT2D eigenvalue weighted by atomic mass is 16.1. The Morgan fingerprint density at radius 1 is 1.21 bits per heavy atom. The Kier molecular flexibility index (Phi) is 4.16. The lowest BCUT2D eigenvalue weighted by atomic mass is 10.0. The number of nitrogens with one attached hydrogen (secondary N) is 1. The van der Waals surface area contributed by atoms with E-state index in [0.29, 0.717) is 11.3 Å². The van der Waals surface area contributed by atoms with Crippen LogP contribution in [0.3, 0.4) is 0 Å². The first kappa shape index (κ1) is 17.1. The lowest BCUT2D eigenvalue weighted by Crippen LogP contribution is -2.43. The zero-order valence-corrected chi connectivity index (χ0v) is 15.8. The van der Waals surface area contributed by atoms with Crippen molar-refractivity contribution < 1.29 is 7.65 Å². The Balaban J connectivity index is 0.00000128. The van der Waals surface area contributed by atoms with Gasteiger partial charge >= 0.3 is 0 Å². The number of hydrogen-bond donors (Lipinski definition) is 1. The summed E-state index contributed by atoms with van der Waals surface area (Å²) in [5.74, 6) is 0.631. The maximum atomic E-state index is 12.8. The molecule has 0 unspecified atom stereocenters. The quantitative estimate of drug-likeness (QED) is 0.758. The van der Waals surface area contributed by atoms with Crippen molar-refractivity contribution in [3.63, 3.8) is 0 Å². The van der Waals surface area contributed by atoms with Gasteiger partial charge in [-0.1, -0.05) is 6.08 Å². The molecule has 3 aromatic rings. The van der Waals surface area contributed by atoms with E-state index in [9.17, 15) is 4.79 Å². The van der Waals surface area contributed by atoms with Gasteiger partial charge in [0.15, 0.2) is 0 Å². The highest BCUT2D eigenvalue weighted by Gasteiger charge is 2.22. The van der Waals surface area contributed by atoms with E-state index in [2.05, 4.69) is 38.3 Å². The van der Waals surface area contributed by atoms with Crippen molar-refractivity contribution in [1.82, 2.24) is 29.6 Å². The Labute approximate surface area is 166 Å². The lowest BCUT2D eigenvalue weighted by Gasteiger charge is -2.29. The van der Waals surface area contributed by atoms with E-state index in [1.807, 2.05) is 29.1 Å². The molecule has 1 aliphatic heterocycles. The van der Waals surface area contributed by atoms with Crippen molar-refractivity contribution in [2.75, 3.05) is 20.1 Å². The molecular weight excluding hydrogens is 352 g/mol. The smallest absolute Gasteiger partial charge is 0.253 e. The van der Waals surface area contributed by atoms with Gasteiger partial charge in [-0.3, -0.25) is 14.2 Å². The van der Waals surface area contributed by atoms with E-state index in [1.54, 1.807) is 12.4 Å². The number of aromatic nitrogens is 4. The van der Waals surface area contributed by atoms with Gasteiger partial charge in [0.25, 0.3) is 5.91 Å². The summed E-state index contributed by atoms with van der Waals surface area (Å²) in [6.07, 6.45) is 14.0. The number of fused-ring (bicyclic) bond motifs is 2. The second-order valence-electron chi connectivity index (χ2n) is 7.57. The average Bonchev–Trinajstić information content (AvgIpc) is 3.35. The van der Waals surface area contributed by atoms with Crippen LogP contribution in [0.25, 0.3) is 11.4 Å². The maximum absolute atomic E-state index is 12.8. The van der Waals surface area contributed by atoms with Crippen LogP contribution in [0.15, 0.2) is 43.1 Å². The number of carbonyl (C=O) groups is 1. The second kappa shape index (κ2) is 6.83. The Morgan fingerprint density at radius 3 is 2.93 bits per heavy atom. The molecule has 1 N–H and O–H groups in total. The third-order valence-electron chi connectivity index (χ3n) is 5.63. The maximum Gasteiger partial charge on any atom is 0.253 e. The zero-order valence-electron chi connectivity index (χ0n) is 15.8. The summed E-state index contributed by atoms with van der Waals surface area (Å²) >= 11 is 0. The van der Waals surface area contributed by atoms with Crippen LogP contribution in [0, 0.1) is 0 Å². The molecule has 1 fully saturated rings. The zero-order chi connectivity index (χ0) is 19.1. The fourth-order valence-corrected chi connectivity index (χ4v) is 3.97. The van der Waals surface area contributed by atoms with Crippen molar-refractivity contribution in [2.24, 2.45) is 0 Å². The largest absolute Gasteiger partial charge is 0.349 e. The van der Waals surface area contributed by atoms with E-state index in [0.717, 1.165) is 54.7 Å². The number of rotatable bonds is 3. The number of pyridine rings is 1. The predicted octanol–water partition coefficient (Wildman–Crippen LogP) is 2.43. The highest BCUT2D eigenvalue weighted by molar-refractivity contribution is 5.96. The van der Waals surface area contributed by atoms with Crippen molar-refractivity contribution in [2.45, 2.75) is 25.3 Å². The fraction of sp³-hybridized carbons (Fsp3) is 0.333. The SMILES string of the molecule is CN1CCC(NC(=O)c2cnc3c(c2)C(c2cnc4nccn4c2)=CC3)CC1.[HH].[HH]. The number of carbonyl (C=O) groups excluding carboxylic acids is 1. The van der Waals surface area contributed by atoms with Gasteiger partial charge in [0, 0.05) is 57.4 Å². The molecule has 7 nitrogen and oxygen atoms in total. The normalized spacial score (nSPS) is 17.5. The average molecular weight is 378 g/mol. The van der Waals surface area contributed by atoms with Gasteiger partial charge in [-0.05, 0) is 44.6 Å². The second-order valence-corrected chi connectivity index (χ2v) is 7.57. The molecule has 0 saturated carbocycles. The van der Waals surface area contributed by atoms with Crippen molar-refractivity contribution in [3.8, 4) is 0 Å². The number of piperidine rings is 1. The molecular formula is C21H26N6O. The summed E-state index contributed by atoms with van der Waals surface area (Å²) in [6.45, 7) is 2.04. The first-order valence-electron chi connectivity index (χ1n) is 9.65. The molecule has 0 radical (unpaired) electrons. The molecule has 3 aromatic heterocycles. The van der Waals surface area contributed by atoms with Gasteiger partial charge in [0.05, 0.1) is 11.3 Å². The topological polar surface area (TPSA) is 75.4 Å². The van der Waals surface area contributed by atoms with Crippen LogP contribution >= 0.6 is 0 Å². The number of imidazole rings is 1. The van der Waals surface area contributed by atoms with Crippen LogP contribution in [-0.4, -0.2) is 56.3 Å². The monoisotopic (exact) mass is 378 g/mol. The molecule has 5 rings (SSSR count). The van der Waals surface area contributed by atoms with E-state index < -0.39 is 0 Å². The molecule has 1 saturated heterocycles. The molecule has 0 spiro atoms. The first-order valence-corrected chi connectivity index (χ1v) is 9.65. The van der Waals surface area contributed by atoms with E-state index in [-0.39, 0.29) is 14.8 Å². The highest BCUT2D eigenvalue weighted by Crippen LogP contribution is 2.32. The van der Waals surface area contributed by atoms with Crippen LogP contribution in [0.1, 0.15) is 42.9 Å². The summed E-state index contributed by atoms with van der Waals surface area (Å²) in [5, 5.41) is 3.17. The van der Waals surface area contributed by atoms with Crippen LogP contribution in [0.2, 0.25) is 0 Å². The minimum absolute atomic E-state index is 0. The summed E-state index contributed by atoms with van der Waals surface area (Å²) in [6, 6.07) is 2.20. The van der Waals surface area contributed by atoms with Crippen LogP contribution in [-0.2, 0) is 6.42 Å². The van der Waals surface area contributed by atoms with E-state index >= 15 is 0 Å². The summed E-state index contributed by atoms with van der Waals surface area (Å²) in [4.78, 5) is 28.2. The number of hydrogen-bond acceptors (Lipinski definition) is 5. The summed E-state index contributed by atoms with van der Waals surface area (Å²) in [7, 11) is 2.12. The van der Waals surface area contributed by atoms with E-state index in [4.69, 9.17) is 0 Å².